The molecule has 1 heteroatoms. The van der Waals surface area contributed by atoms with E-state index in [2.05, 4.69) is 6.92 Å². The Morgan fingerprint density at radius 2 is 1.38 bits per heavy atom. The van der Waals surface area contributed by atoms with Gasteiger partial charge in [0.1, 0.15) is 0 Å². The monoisotopic (exact) mass is 183 g/mol. The van der Waals surface area contributed by atoms with E-state index >= 15 is 0 Å². The summed E-state index contributed by atoms with van der Waals surface area (Å²) in [7, 11) is 0. The Morgan fingerprint density at radius 1 is 0.923 bits per heavy atom. The van der Waals surface area contributed by atoms with E-state index in [1.54, 1.807) is 0 Å². The van der Waals surface area contributed by atoms with E-state index in [0.29, 0.717) is 0 Å². The zero-order chi connectivity index (χ0) is 9.57. The first-order valence-corrected chi connectivity index (χ1v) is 6.06. The van der Waals surface area contributed by atoms with Crippen LogP contribution in [0.4, 0.5) is 0 Å². The van der Waals surface area contributed by atoms with Crippen LogP contribution >= 0.6 is 0 Å². The van der Waals surface area contributed by atoms with Crippen LogP contribution in [0.25, 0.3) is 0 Å². The second-order valence-electron chi connectivity index (χ2n) is 4.73. The normalized spacial score (nSPS) is 24.5. The minimum Gasteiger partial charge on any atom is -0.325 e. The van der Waals surface area contributed by atoms with Crippen LogP contribution in [-0.2, 0) is 0 Å². The maximum Gasteiger partial charge on any atom is 0.0154 e. The molecule has 1 saturated carbocycles. The first-order chi connectivity index (χ1) is 6.27. The van der Waals surface area contributed by atoms with Crippen molar-refractivity contribution in [2.24, 2.45) is 5.73 Å². The molecule has 1 aliphatic rings. The lowest BCUT2D eigenvalue weighted by Crippen LogP contribution is -2.39. The summed E-state index contributed by atoms with van der Waals surface area (Å²) in [4.78, 5) is 0. The van der Waals surface area contributed by atoms with Gasteiger partial charge in [-0.15, -0.1) is 0 Å². The molecule has 1 nitrogen and oxygen atoms in total. The molecule has 0 spiro atoms. The third-order valence-corrected chi connectivity index (χ3v) is 3.35. The minimum atomic E-state index is 0.194. The fraction of sp³-hybridized carbons (Fsp3) is 1.00. The van der Waals surface area contributed by atoms with Gasteiger partial charge in [0.15, 0.2) is 0 Å². The van der Waals surface area contributed by atoms with Crippen LogP contribution in [0.1, 0.15) is 71.1 Å². The van der Waals surface area contributed by atoms with Crippen LogP contribution in [-0.4, -0.2) is 5.54 Å². The van der Waals surface area contributed by atoms with Gasteiger partial charge in [0.25, 0.3) is 0 Å². The summed E-state index contributed by atoms with van der Waals surface area (Å²) in [6, 6.07) is 0. The molecule has 0 heterocycles. The van der Waals surface area contributed by atoms with Crippen molar-refractivity contribution in [3.05, 3.63) is 0 Å². The zero-order valence-electron chi connectivity index (χ0n) is 9.15. The molecule has 2 N–H and O–H groups in total. The molecule has 0 aromatic rings. The van der Waals surface area contributed by atoms with Gasteiger partial charge in [0.2, 0.25) is 0 Å². The second kappa shape index (κ2) is 5.64. The van der Waals surface area contributed by atoms with E-state index < -0.39 is 0 Å². The molecule has 0 radical (unpaired) electrons. The number of nitrogens with two attached hydrogens (primary N) is 1. The highest BCUT2D eigenvalue weighted by Crippen LogP contribution is 2.27. The fourth-order valence-corrected chi connectivity index (χ4v) is 2.53. The van der Waals surface area contributed by atoms with E-state index in [1.165, 1.54) is 64.2 Å². The highest BCUT2D eigenvalue weighted by molar-refractivity contribution is 4.84. The van der Waals surface area contributed by atoms with Crippen molar-refractivity contribution in [1.82, 2.24) is 0 Å². The average molecular weight is 183 g/mol. The Kier molecular flexibility index (Phi) is 4.79. The maximum atomic E-state index is 6.41. The van der Waals surface area contributed by atoms with Crippen molar-refractivity contribution < 1.29 is 0 Å². The van der Waals surface area contributed by atoms with Crippen LogP contribution in [0.5, 0.6) is 0 Å². The molecule has 0 unspecified atom stereocenters. The van der Waals surface area contributed by atoms with Gasteiger partial charge in [0, 0.05) is 5.54 Å². The summed E-state index contributed by atoms with van der Waals surface area (Å²) in [5.74, 6) is 0. The molecule has 0 amide bonds. The number of rotatable bonds is 2. The van der Waals surface area contributed by atoms with Gasteiger partial charge in [-0.25, -0.2) is 0 Å². The lowest BCUT2D eigenvalue weighted by atomic mass is 9.85. The molecule has 0 saturated heterocycles. The lowest BCUT2D eigenvalue weighted by Gasteiger charge is -2.28. The minimum absolute atomic E-state index is 0.194. The number of hydrogen-bond acceptors (Lipinski definition) is 1. The molecule has 0 atom stereocenters. The van der Waals surface area contributed by atoms with Crippen LogP contribution in [0.15, 0.2) is 0 Å². The van der Waals surface area contributed by atoms with Crippen LogP contribution < -0.4 is 5.73 Å². The molecular weight excluding hydrogens is 158 g/mol. The van der Waals surface area contributed by atoms with Gasteiger partial charge < -0.3 is 5.73 Å². The van der Waals surface area contributed by atoms with E-state index in [0.717, 1.165) is 0 Å². The van der Waals surface area contributed by atoms with Crippen molar-refractivity contribution in [1.29, 1.82) is 0 Å². The topological polar surface area (TPSA) is 26.0 Å². The van der Waals surface area contributed by atoms with Gasteiger partial charge in [-0.3, -0.25) is 0 Å². The Labute approximate surface area is 83.1 Å². The predicted octanol–water partition coefficient (Wildman–Crippen LogP) is 3.62. The van der Waals surface area contributed by atoms with Gasteiger partial charge in [-0.1, -0.05) is 51.9 Å². The van der Waals surface area contributed by atoms with Crippen LogP contribution in [0.2, 0.25) is 0 Å². The van der Waals surface area contributed by atoms with Gasteiger partial charge >= 0.3 is 0 Å². The van der Waals surface area contributed by atoms with Gasteiger partial charge in [-0.05, 0) is 19.3 Å². The van der Waals surface area contributed by atoms with E-state index in [1.807, 2.05) is 0 Å². The van der Waals surface area contributed by atoms with Crippen molar-refractivity contribution >= 4 is 0 Å². The third-order valence-electron chi connectivity index (χ3n) is 3.35. The standard InChI is InChI=1S/C12H25N/c1-2-9-12(13)10-7-5-3-4-6-8-11-12/h2-11,13H2,1H3. The van der Waals surface area contributed by atoms with E-state index in [-0.39, 0.29) is 5.54 Å². The third kappa shape index (κ3) is 4.12. The molecule has 0 aliphatic heterocycles. The average Bonchev–Trinajstić information content (AvgIpc) is 2.18. The van der Waals surface area contributed by atoms with Crippen molar-refractivity contribution in [3.8, 4) is 0 Å². The molecule has 1 fully saturated rings. The summed E-state index contributed by atoms with van der Waals surface area (Å²) in [5.41, 5.74) is 6.60. The Balaban J connectivity index is 2.39. The van der Waals surface area contributed by atoms with E-state index in [9.17, 15) is 0 Å². The first kappa shape index (κ1) is 11.0. The van der Waals surface area contributed by atoms with Crippen molar-refractivity contribution in [2.45, 2.75) is 76.7 Å². The Hall–Kier alpha value is -0.0400. The summed E-state index contributed by atoms with van der Waals surface area (Å²) in [6.45, 7) is 2.25. The maximum absolute atomic E-state index is 6.41. The zero-order valence-corrected chi connectivity index (χ0v) is 9.15. The predicted molar refractivity (Wildman–Crippen MR) is 58.8 cm³/mol. The van der Waals surface area contributed by atoms with Gasteiger partial charge in [0.05, 0.1) is 0 Å². The summed E-state index contributed by atoms with van der Waals surface area (Å²) >= 11 is 0. The Morgan fingerprint density at radius 3 is 1.85 bits per heavy atom. The van der Waals surface area contributed by atoms with E-state index in [4.69, 9.17) is 5.73 Å². The van der Waals surface area contributed by atoms with Gasteiger partial charge in [-0.2, -0.15) is 0 Å². The fourth-order valence-electron chi connectivity index (χ4n) is 2.53. The molecule has 0 bridgehead atoms. The quantitative estimate of drug-likeness (QED) is 0.695. The van der Waals surface area contributed by atoms with Crippen molar-refractivity contribution in [3.63, 3.8) is 0 Å². The van der Waals surface area contributed by atoms with Crippen molar-refractivity contribution in [2.75, 3.05) is 0 Å². The smallest absolute Gasteiger partial charge is 0.0154 e. The summed E-state index contributed by atoms with van der Waals surface area (Å²) in [5, 5.41) is 0. The molecule has 0 aromatic heterocycles. The first-order valence-electron chi connectivity index (χ1n) is 6.06. The molecule has 1 rings (SSSR count). The highest BCUT2D eigenvalue weighted by atomic mass is 14.7. The molecule has 0 aromatic carbocycles. The molecular formula is C12H25N. The Bertz CT molecular complexity index is 121. The van der Waals surface area contributed by atoms with Crippen LogP contribution in [0, 0.1) is 0 Å². The largest absolute Gasteiger partial charge is 0.325 e. The second-order valence-corrected chi connectivity index (χ2v) is 4.73. The molecule has 1 aliphatic carbocycles. The number of hydrogen-bond donors (Lipinski definition) is 1. The van der Waals surface area contributed by atoms with Crippen LogP contribution in [0.3, 0.4) is 0 Å². The highest BCUT2D eigenvalue weighted by Gasteiger charge is 2.23. The SMILES string of the molecule is CCCC1(N)CCCCCCCC1. The summed E-state index contributed by atoms with van der Waals surface area (Å²) < 4.78 is 0. The summed E-state index contributed by atoms with van der Waals surface area (Å²) in [6.07, 6.45) is 13.4. The molecule has 13 heavy (non-hydrogen) atoms. The molecule has 78 valence electrons. The lowest BCUT2D eigenvalue weighted by molar-refractivity contribution is 0.323.